The smallest absolute Gasteiger partial charge is 0.310 e. The molecule has 0 aliphatic heterocycles. The van der Waals surface area contributed by atoms with Crippen LogP contribution in [-0.4, -0.2) is 31.8 Å². The van der Waals surface area contributed by atoms with Gasteiger partial charge in [-0.2, -0.15) is 0 Å². The van der Waals surface area contributed by atoms with Gasteiger partial charge < -0.3 is 4.74 Å². The molecule has 1 saturated carbocycles. The number of carbonyl (C=O) groups excluding carboxylic acids is 1. The molecule has 0 spiro atoms. The van der Waals surface area contributed by atoms with Gasteiger partial charge in [0, 0.05) is 15.2 Å². The number of hydrogen-bond acceptors (Lipinski definition) is 6. The molecule has 196 valence electrons. The van der Waals surface area contributed by atoms with Gasteiger partial charge in [0.05, 0.1) is 17.8 Å². The lowest BCUT2D eigenvalue weighted by atomic mass is 9.95. The van der Waals surface area contributed by atoms with Crippen LogP contribution in [0.2, 0.25) is 5.02 Å². The highest BCUT2D eigenvalue weighted by Gasteiger charge is 2.44. The minimum atomic E-state index is -0.598. The molecule has 1 heterocycles. The van der Waals surface area contributed by atoms with Gasteiger partial charge in [-0.15, -0.1) is 16.9 Å². The van der Waals surface area contributed by atoms with Crippen molar-refractivity contribution in [3.05, 3.63) is 88.2 Å². The first-order valence-electron chi connectivity index (χ1n) is 12.8. The minimum Gasteiger partial charge on any atom is -0.460 e. The molecule has 0 N–H and O–H groups in total. The maximum absolute atomic E-state index is 13.5. The van der Waals surface area contributed by atoms with E-state index in [4.69, 9.17) is 16.3 Å². The van der Waals surface area contributed by atoms with Gasteiger partial charge in [0.1, 0.15) is 11.1 Å². The summed E-state index contributed by atoms with van der Waals surface area (Å²) in [5.41, 5.74) is 1.99. The number of rotatable bonds is 6. The van der Waals surface area contributed by atoms with Crippen molar-refractivity contribution in [2.45, 2.75) is 55.9 Å². The fraction of sp³-hybridized carbons (Fsp3) is 0.333. The molecule has 0 radical (unpaired) electrons. The number of ether oxygens (including phenoxy) is 1. The Morgan fingerprint density at radius 3 is 2.34 bits per heavy atom. The Morgan fingerprint density at radius 1 is 1.00 bits per heavy atom. The molecule has 0 amide bonds. The van der Waals surface area contributed by atoms with E-state index >= 15 is 0 Å². The third-order valence-electron chi connectivity index (χ3n) is 6.77. The number of fused-ring (bicyclic) bond motifs is 1. The van der Waals surface area contributed by atoms with Gasteiger partial charge in [-0.1, -0.05) is 53.2 Å². The average Bonchev–Trinajstić information content (AvgIpc) is 3.28. The van der Waals surface area contributed by atoms with E-state index in [1.807, 2.05) is 57.2 Å². The number of hydrogen-bond donors (Lipinski definition) is 0. The van der Waals surface area contributed by atoms with E-state index < -0.39 is 5.60 Å². The summed E-state index contributed by atoms with van der Waals surface area (Å²) in [6.07, 6.45) is 1.64. The molecule has 1 aromatic heterocycles. The van der Waals surface area contributed by atoms with Gasteiger partial charge in [-0.05, 0) is 87.1 Å². The first-order chi connectivity index (χ1) is 18.2. The molecule has 4 aromatic rings. The zero-order chi connectivity index (χ0) is 26.9. The van der Waals surface area contributed by atoms with Crippen molar-refractivity contribution in [2.24, 2.45) is 11.8 Å². The third kappa shape index (κ3) is 5.94. The highest BCUT2D eigenvalue weighted by molar-refractivity contribution is 8.00. The van der Waals surface area contributed by atoms with Crippen LogP contribution in [0, 0.1) is 11.8 Å². The van der Waals surface area contributed by atoms with Gasteiger partial charge in [0.15, 0.2) is 0 Å². The summed E-state index contributed by atoms with van der Waals surface area (Å²) in [5, 5.41) is 9.67. The first kappa shape index (κ1) is 26.4. The number of benzene rings is 3. The van der Waals surface area contributed by atoms with Gasteiger partial charge >= 0.3 is 5.97 Å². The maximum atomic E-state index is 13.5. The summed E-state index contributed by atoms with van der Waals surface area (Å²) >= 11 is 7.72. The van der Waals surface area contributed by atoms with Crippen LogP contribution in [0.25, 0.3) is 22.0 Å². The zero-order valence-electron chi connectivity index (χ0n) is 21.6. The zero-order valence-corrected chi connectivity index (χ0v) is 23.2. The third-order valence-corrected chi connectivity index (χ3v) is 8.39. The van der Waals surface area contributed by atoms with E-state index in [1.165, 1.54) is 4.68 Å². The highest BCUT2D eigenvalue weighted by Crippen LogP contribution is 2.44. The van der Waals surface area contributed by atoms with E-state index in [1.54, 1.807) is 23.9 Å². The summed E-state index contributed by atoms with van der Waals surface area (Å²) in [5.74, 6) is -0.670. The SMILES string of the molecule is CC(C)(C)OC(=O)[C@H]1[C@H](Cn2nnc3ccccc3c2=O)CC[C@H]1Sc1ccc(-c2ccc(Cl)cc2)cc1. The molecule has 0 saturated heterocycles. The monoisotopic (exact) mass is 547 g/mol. The normalized spacial score (nSPS) is 19.5. The van der Waals surface area contributed by atoms with Crippen molar-refractivity contribution in [1.29, 1.82) is 0 Å². The lowest BCUT2D eigenvalue weighted by Gasteiger charge is -2.28. The number of thioether (sulfide) groups is 1. The number of carbonyl (C=O) groups is 1. The molecular formula is C30H30ClN3O3S. The number of halogens is 1. The van der Waals surface area contributed by atoms with Crippen molar-refractivity contribution in [1.82, 2.24) is 15.0 Å². The molecule has 3 aromatic carbocycles. The maximum Gasteiger partial charge on any atom is 0.310 e. The predicted molar refractivity (Wildman–Crippen MR) is 152 cm³/mol. The Labute approximate surface area is 231 Å². The lowest BCUT2D eigenvalue weighted by Crippen LogP contribution is -2.37. The van der Waals surface area contributed by atoms with E-state index in [0.29, 0.717) is 22.5 Å². The van der Waals surface area contributed by atoms with Crippen LogP contribution < -0.4 is 5.56 Å². The molecule has 1 fully saturated rings. The lowest BCUT2D eigenvalue weighted by molar-refractivity contribution is -0.161. The summed E-state index contributed by atoms with van der Waals surface area (Å²) < 4.78 is 7.26. The summed E-state index contributed by atoms with van der Waals surface area (Å²) in [4.78, 5) is 27.6. The van der Waals surface area contributed by atoms with Gasteiger partial charge in [-0.25, -0.2) is 4.68 Å². The molecule has 0 bridgehead atoms. The van der Waals surface area contributed by atoms with E-state index in [0.717, 1.165) is 28.9 Å². The molecule has 1 aliphatic carbocycles. The Morgan fingerprint density at radius 2 is 1.66 bits per heavy atom. The molecule has 0 unspecified atom stereocenters. The second-order valence-electron chi connectivity index (χ2n) is 10.7. The molecule has 1 aliphatic rings. The number of nitrogens with zero attached hydrogens (tertiary/aromatic N) is 3. The standard InChI is InChI=1S/C30H30ClN3O3S/c1-30(2,3)37-29(36)27-21(18-34-28(35)24-6-4-5-7-25(24)32-33-34)12-17-26(27)38-23-15-10-20(11-16-23)19-8-13-22(31)14-9-19/h4-11,13-16,21,26-27H,12,17-18H2,1-3H3/t21-,26+,27-/m0/s1. The van der Waals surface area contributed by atoms with E-state index in [2.05, 4.69) is 34.6 Å². The quantitative estimate of drug-likeness (QED) is 0.252. The Hall–Kier alpha value is -3.16. The Kier molecular flexibility index (Phi) is 7.59. The predicted octanol–water partition coefficient (Wildman–Crippen LogP) is 6.64. The molecule has 3 atom stereocenters. The Bertz CT molecular complexity index is 1500. The van der Waals surface area contributed by atoms with Crippen LogP contribution in [0.5, 0.6) is 0 Å². The van der Waals surface area contributed by atoms with Crippen LogP contribution >= 0.6 is 23.4 Å². The molecule has 5 rings (SSSR count). The van der Waals surface area contributed by atoms with Crippen LogP contribution in [0.1, 0.15) is 33.6 Å². The summed E-state index contributed by atoms with van der Waals surface area (Å²) in [6.45, 7) is 5.97. The van der Waals surface area contributed by atoms with Crippen molar-refractivity contribution in [3.63, 3.8) is 0 Å². The second kappa shape index (κ2) is 10.9. The molecule has 38 heavy (non-hydrogen) atoms. The van der Waals surface area contributed by atoms with Crippen LogP contribution in [0.4, 0.5) is 0 Å². The fourth-order valence-corrected chi connectivity index (χ4v) is 6.50. The highest BCUT2D eigenvalue weighted by atomic mass is 35.5. The molecule has 6 nitrogen and oxygen atoms in total. The summed E-state index contributed by atoms with van der Waals surface area (Å²) in [6, 6.07) is 23.3. The van der Waals surface area contributed by atoms with Crippen LogP contribution in [0.3, 0.4) is 0 Å². The van der Waals surface area contributed by atoms with Crippen molar-refractivity contribution in [3.8, 4) is 11.1 Å². The number of esters is 1. The van der Waals surface area contributed by atoms with Crippen LogP contribution in [0.15, 0.2) is 82.5 Å². The minimum absolute atomic E-state index is 0.0281. The van der Waals surface area contributed by atoms with Gasteiger partial charge in [0.2, 0.25) is 0 Å². The summed E-state index contributed by atoms with van der Waals surface area (Å²) in [7, 11) is 0. The Balaban J connectivity index is 1.38. The largest absolute Gasteiger partial charge is 0.460 e. The fourth-order valence-electron chi connectivity index (χ4n) is 5.00. The molecular weight excluding hydrogens is 518 g/mol. The topological polar surface area (TPSA) is 74.1 Å². The van der Waals surface area contributed by atoms with Crippen molar-refractivity contribution < 1.29 is 9.53 Å². The van der Waals surface area contributed by atoms with Gasteiger partial charge in [-0.3, -0.25) is 9.59 Å². The van der Waals surface area contributed by atoms with Crippen molar-refractivity contribution >= 4 is 40.2 Å². The van der Waals surface area contributed by atoms with Crippen molar-refractivity contribution in [2.75, 3.05) is 0 Å². The van der Waals surface area contributed by atoms with E-state index in [-0.39, 0.29) is 28.6 Å². The molecule has 8 heteroatoms. The number of aromatic nitrogens is 3. The first-order valence-corrected chi connectivity index (χ1v) is 14.0. The van der Waals surface area contributed by atoms with E-state index in [9.17, 15) is 9.59 Å². The average molecular weight is 548 g/mol. The second-order valence-corrected chi connectivity index (χ2v) is 12.4. The van der Waals surface area contributed by atoms with Crippen LogP contribution in [-0.2, 0) is 16.1 Å². The van der Waals surface area contributed by atoms with Gasteiger partial charge in [0.25, 0.3) is 5.56 Å².